The largest absolute Gasteiger partial charge is 0.495 e. The Labute approximate surface area is 164 Å². The molecule has 2 aromatic carbocycles. The Bertz CT molecular complexity index is 1070. The zero-order valence-corrected chi connectivity index (χ0v) is 16.3. The molecule has 2 heterocycles. The molecular weight excluding hydrogens is 378 g/mol. The number of benzene rings is 2. The predicted octanol–water partition coefficient (Wildman–Crippen LogP) is 2.87. The third kappa shape index (κ3) is 3.53. The molecule has 0 N–H and O–H groups in total. The SMILES string of the molecule is COc1ccccc1S(=O)(=O)N1CCC(Oc2nncc3ccccc23)CC1. The average molecular weight is 399 g/mol. The highest BCUT2D eigenvalue weighted by molar-refractivity contribution is 7.89. The molecule has 28 heavy (non-hydrogen) atoms. The molecule has 1 fully saturated rings. The van der Waals surface area contributed by atoms with Crippen LogP contribution in [0.2, 0.25) is 0 Å². The third-order valence-corrected chi connectivity index (χ3v) is 6.84. The molecule has 0 amide bonds. The van der Waals surface area contributed by atoms with Gasteiger partial charge in [0.05, 0.1) is 13.3 Å². The maximum atomic E-state index is 13.0. The van der Waals surface area contributed by atoms with Crippen molar-refractivity contribution in [2.45, 2.75) is 23.8 Å². The zero-order chi connectivity index (χ0) is 19.6. The molecule has 8 heteroatoms. The van der Waals surface area contributed by atoms with Crippen molar-refractivity contribution < 1.29 is 17.9 Å². The van der Waals surface area contributed by atoms with Crippen LogP contribution in [0.5, 0.6) is 11.6 Å². The lowest BCUT2D eigenvalue weighted by molar-refractivity contribution is 0.130. The minimum absolute atomic E-state index is 0.107. The van der Waals surface area contributed by atoms with Gasteiger partial charge in [0.2, 0.25) is 15.9 Å². The van der Waals surface area contributed by atoms with Crippen molar-refractivity contribution in [2.24, 2.45) is 0 Å². The predicted molar refractivity (Wildman–Crippen MR) is 105 cm³/mol. The number of piperidine rings is 1. The second kappa shape index (κ2) is 7.73. The summed E-state index contributed by atoms with van der Waals surface area (Å²) in [6.45, 7) is 0.756. The molecular formula is C20H21N3O4S. The molecule has 0 bridgehead atoms. The van der Waals surface area contributed by atoms with Gasteiger partial charge in [0, 0.05) is 23.9 Å². The number of nitrogens with zero attached hydrogens (tertiary/aromatic N) is 3. The number of aromatic nitrogens is 2. The Kier molecular flexibility index (Phi) is 5.15. The van der Waals surface area contributed by atoms with E-state index < -0.39 is 10.0 Å². The highest BCUT2D eigenvalue weighted by Gasteiger charge is 2.32. The second-order valence-electron chi connectivity index (χ2n) is 6.61. The average Bonchev–Trinajstić information content (AvgIpc) is 2.74. The summed E-state index contributed by atoms with van der Waals surface area (Å²) in [7, 11) is -2.14. The Morgan fingerprint density at radius 1 is 1.04 bits per heavy atom. The van der Waals surface area contributed by atoms with E-state index in [1.165, 1.54) is 11.4 Å². The molecule has 0 atom stereocenters. The summed E-state index contributed by atoms with van der Waals surface area (Å²) >= 11 is 0. The van der Waals surface area contributed by atoms with E-state index in [1.54, 1.807) is 30.5 Å². The molecule has 7 nitrogen and oxygen atoms in total. The topological polar surface area (TPSA) is 81.6 Å². The van der Waals surface area contributed by atoms with Gasteiger partial charge in [-0.1, -0.05) is 30.3 Å². The van der Waals surface area contributed by atoms with Crippen LogP contribution in [0.15, 0.2) is 59.6 Å². The third-order valence-electron chi connectivity index (χ3n) is 4.90. The number of para-hydroxylation sites is 1. The first-order valence-electron chi connectivity index (χ1n) is 9.10. The van der Waals surface area contributed by atoms with E-state index in [0.29, 0.717) is 37.6 Å². The van der Waals surface area contributed by atoms with Crippen LogP contribution in [0.25, 0.3) is 10.8 Å². The fourth-order valence-corrected chi connectivity index (χ4v) is 5.03. The summed E-state index contributed by atoms with van der Waals surface area (Å²) in [5.74, 6) is 0.844. The van der Waals surface area contributed by atoms with E-state index in [1.807, 2.05) is 24.3 Å². The van der Waals surface area contributed by atoms with Crippen molar-refractivity contribution in [3.63, 3.8) is 0 Å². The summed E-state index contributed by atoms with van der Waals surface area (Å²) in [5.41, 5.74) is 0. The number of methoxy groups -OCH3 is 1. The van der Waals surface area contributed by atoms with Gasteiger partial charge in [-0.2, -0.15) is 9.40 Å². The number of fused-ring (bicyclic) bond motifs is 1. The lowest BCUT2D eigenvalue weighted by atomic mass is 10.1. The molecule has 3 aromatic rings. The van der Waals surface area contributed by atoms with Crippen LogP contribution in [-0.4, -0.2) is 49.2 Å². The Balaban J connectivity index is 1.47. The van der Waals surface area contributed by atoms with E-state index in [-0.39, 0.29) is 11.0 Å². The molecule has 0 radical (unpaired) electrons. The normalized spacial score (nSPS) is 16.2. The maximum absolute atomic E-state index is 13.0. The van der Waals surface area contributed by atoms with Crippen LogP contribution in [0.3, 0.4) is 0 Å². The summed E-state index contributed by atoms with van der Waals surface area (Å²) in [6, 6.07) is 14.5. The van der Waals surface area contributed by atoms with Crippen molar-refractivity contribution in [3.8, 4) is 11.6 Å². The first-order chi connectivity index (χ1) is 13.6. The van der Waals surface area contributed by atoms with Crippen molar-refractivity contribution in [3.05, 3.63) is 54.7 Å². The van der Waals surface area contributed by atoms with Gasteiger partial charge in [-0.15, -0.1) is 5.10 Å². The van der Waals surface area contributed by atoms with Crippen molar-refractivity contribution in [2.75, 3.05) is 20.2 Å². The number of hydrogen-bond acceptors (Lipinski definition) is 6. The number of sulfonamides is 1. The van der Waals surface area contributed by atoms with E-state index in [4.69, 9.17) is 9.47 Å². The molecule has 146 valence electrons. The first kappa shape index (κ1) is 18.6. The van der Waals surface area contributed by atoms with Crippen LogP contribution in [0.4, 0.5) is 0 Å². The van der Waals surface area contributed by atoms with Crippen LogP contribution in [0, 0.1) is 0 Å². The molecule has 0 aliphatic carbocycles. The Hall–Kier alpha value is -2.71. The zero-order valence-electron chi connectivity index (χ0n) is 15.5. The van der Waals surface area contributed by atoms with E-state index in [9.17, 15) is 8.42 Å². The highest BCUT2D eigenvalue weighted by Crippen LogP contribution is 2.30. The lowest BCUT2D eigenvalue weighted by Gasteiger charge is -2.31. The lowest BCUT2D eigenvalue weighted by Crippen LogP contribution is -2.41. The standard InChI is InChI=1S/C20H21N3O4S/c1-26-18-8-4-5-9-19(18)28(24,25)23-12-10-16(11-13-23)27-20-17-7-3-2-6-15(17)14-21-22-20/h2-9,14,16H,10-13H2,1H3. The fourth-order valence-electron chi connectivity index (χ4n) is 3.41. The van der Waals surface area contributed by atoms with Gasteiger partial charge < -0.3 is 9.47 Å². The van der Waals surface area contributed by atoms with Gasteiger partial charge in [-0.25, -0.2) is 8.42 Å². The van der Waals surface area contributed by atoms with E-state index in [2.05, 4.69) is 10.2 Å². The molecule has 0 unspecified atom stereocenters. The summed E-state index contributed by atoms with van der Waals surface area (Å²) in [5, 5.41) is 9.98. The first-order valence-corrected chi connectivity index (χ1v) is 10.5. The molecule has 1 aliphatic rings. The van der Waals surface area contributed by atoms with Gasteiger partial charge in [0.15, 0.2) is 0 Å². The Morgan fingerprint density at radius 2 is 1.75 bits per heavy atom. The van der Waals surface area contributed by atoms with Gasteiger partial charge in [-0.3, -0.25) is 0 Å². The monoisotopic (exact) mass is 399 g/mol. The quantitative estimate of drug-likeness (QED) is 0.656. The van der Waals surface area contributed by atoms with Crippen molar-refractivity contribution in [1.29, 1.82) is 0 Å². The molecule has 0 saturated carbocycles. The molecule has 1 aromatic heterocycles. The number of hydrogen-bond donors (Lipinski definition) is 0. The summed E-state index contributed by atoms with van der Waals surface area (Å²) < 4.78 is 38.7. The minimum atomic E-state index is -3.61. The summed E-state index contributed by atoms with van der Waals surface area (Å²) in [4.78, 5) is 0.191. The maximum Gasteiger partial charge on any atom is 0.246 e. The van der Waals surface area contributed by atoms with E-state index >= 15 is 0 Å². The molecule has 1 aliphatic heterocycles. The second-order valence-corrected chi connectivity index (χ2v) is 8.52. The summed E-state index contributed by atoms with van der Waals surface area (Å²) in [6.07, 6.45) is 2.76. The van der Waals surface area contributed by atoms with Gasteiger partial charge in [0.25, 0.3) is 0 Å². The molecule has 0 spiro atoms. The fraction of sp³-hybridized carbons (Fsp3) is 0.300. The molecule has 4 rings (SSSR count). The van der Waals surface area contributed by atoms with Crippen molar-refractivity contribution in [1.82, 2.24) is 14.5 Å². The number of rotatable bonds is 5. The van der Waals surface area contributed by atoms with Crippen LogP contribution in [-0.2, 0) is 10.0 Å². The number of ether oxygens (including phenoxy) is 2. The van der Waals surface area contributed by atoms with Crippen molar-refractivity contribution >= 4 is 20.8 Å². The van der Waals surface area contributed by atoms with Crippen LogP contribution < -0.4 is 9.47 Å². The van der Waals surface area contributed by atoms with Gasteiger partial charge in [-0.05, 0) is 31.0 Å². The Morgan fingerprint density at radius 3 is 2.54 bits per heavy atom. The van der Waals surface area contributed by atoms with Gasteiger partial charge in [0.1, 0.15) is 16.7 Å². The minimum Gasteiger partial charge on any atom is -0.495 e. The molecule has 1 saturated heterocycles. The van der Waals surface area contributed by atoms with Crippen LogP contribution in [0.1, 0.15) is 12.8 Å². The highest BCUT2D eigenvalue weighted by atomic mass is 32.2. The van der Waals surface area contributed by atoms with Crippen LogP contribution >= 0.6 is 0 Å². The van der Waals surface area contributed by atoms with E-state index in [0.717, 1.165) is 10.8 Å². The van der Waals surface area contributed by atoms with Gasteiger partial charge >= 0.3 is 0 Å². The smallest absolute Gasteiger partial charge is 0.246 e.